The van der Waals surface area contributed by atoms with Gasteiger partial charge in [0.05, 0.1) is 5.01 Å². The predicted molar refractivity (Wildman–Crippen MR) is 115 cm³/mol. The molecule has 0 spiro atoms. The molecule has 28 heavy (non-hydrogen) atoms. The van der Waals surface area contributed by atoms with E-state index in [1.165, 1.54) is 44.2 Å². The first-order valence-corrected chi connectivity index (χ1v) is 11.7. The van der Waals surface area contributed by atoms with Gasteiger partial charge in [0.1, 0.15) is 5.69 Å². The van der Waals surface area contributed by atoms with Crippen molar-refractivity contribution in [2.75, 3.05) is 32.7 Å². The van der Waals surface area contributed by atoms with E-state index in [2.05, 4.69) is 22.0 Å². The van der Waals surface area contributed by atoms with Gasteiger partial charge in [0.15, 0.2) is 0 Å². The average molecular weight is 398 g/mol. The molecule has 2 aromatic rings. The van der Waals surface area contributed by atoms with Crippen molar-refractivity contribution in [2.24, 2.45) is 5.92 Å². The fourth-order valence-corrected chi connectivity index (χ4v) is 5.32. The van der Waals surface area contributed by atoms with Crippen LogP contribution in [0, 0.1) is 5.92 Å². The summed E-state index contributed by atoms with van der Waals surface area (Å²) < 4.78 is 0. The summed E-state index contributed by atoms with van der Waals surface area (Å²) >= 11 is 1.60. The van der Waals surface area contributed by atoms with E-state index < -0.39 is 0 Å². The number of carbonyl (C=O) groups excluding carboxylic acids is 1. The second-order valence-electron chi connectivity index (χ2n) is 8.24. The maximum atomic E-state index is 13.0. The fourth-order valence-electron chi connectivity index (χ4n) is 4.51. The summed E-state index contributed by atoms with van der Waals surface area (Å²) in [6, 6.07) is 10.3. The molecule has 1 saturated heterocycles. The monoisotopic (exact) mass is 397 g/mol. The first-order valence-electron chi connectivity index (χ1n) is 10.8. The lowest BCUT2D eigenvalue weighted by Crippen LogP contribution is -2.37. The van der Waals surface area contributed by atoms with Gasteiger partial charge in [-0.15, -0.1) is 11.3 Å². The predicted octanol–water partition coefficient (Wildman–Crippen LogP) is 4.46. The molecule has 0 N–H and O–H groups in total. The largest absolute Gasteiger partial charge is 0.336 e. The summed E-state index contributed by atoms with van der Waals surface area (Å²) in [5.74, 6) is 0.977. The lowest BCUT2D eigenvalue weighted by Gasteiger charge is -2.28. The second-order valence-corrected chi connectivity index (χ2v) is 9.18. The van der Waals surface area contributed by atoms with Crippen LogP contribution in [-0.2, 0) is 6.42 Å². The Morgan fingerprint density at radius 1 is 1.00 bits per heavy atom. The maximum absolute atomic E-state index is 13.0. The molecule has 0 atom stereocenters. The van der Waals surface area contributed by atoms with Crippen LogP contribution in [0.15, 0.2) is 35.7 Å². The highest BCUT2D eigenvalue weighted by molar-refractivity contribution is 7.09. The molecule has 1 amide bonds. The van der Waals surface area contributed by atoms with Crippen LogP contribution in [0.25, 0.3) is 0 Å². The lowest BCUT2D eigenvalue weighted by molar-refractivity contribution is 0.0754. The molecule has 2 aliphatic rings. The van der Waals surface area contributed by atoms with Crippen molar-refractivity contribution in [3.63, 3.8) is 0 Å². The van der Waals surface area contributed by atoms with E-state index >= 15 is 0 Å². The van der Waals surface area contributed by atoms with Crippen molar-refractivity contribution in [1.29, 1.82) is 0 Å². The van der Waals surface area contributed by atoms with Crippen LogP contribution in [0.1, 0.15) is 59.6 Å². The number of hydrogen-bond donors (Lipinski definition) is 0. The highest BCUT2D eigenvalue weighted by Crippen LogP contribution is 2.25. The Labute approximate surface area is 172 Å². The van der Waals surface area contributed by atoms with Crippen molar-refractivity contribution in [1.82, 2.24) is 14.8 Å². The van der Waals surface area contributed by atoms with Crippen molar-refractivity contribution >= 4 is 17.2 Å². The Kier molecular flexibility index (Phi) is 6.76. The summed E-state index contributed by atoms with van der Waals surface area (Å²) in [5.41, 5.74) is 1.86. The Hall–Kier alpha value is -1.72. The minimum absolute atomic E-state index is 0.107. The smallest absolute Gasteiger partial charge is 0.273 e. The molecule has 4 rings (SSSR count). The summed E-state index contributed by atoms with van der Waals surface area (Å²) in [4.78, 5) is 22.2. The van der Waals surface area contributed by atoms with Gasteiger partial charge in [-0.1, -0.05) is 49.6 Å². The number of benzene rings is 1. The summed E-state index contributed by atoms with van der Waals surface area (Å²) in [6.07, 6.45) is 8.87. The fraction of sp³-hybridized carbons (Fsp3) is 0.565. The van der Waals surface area contributed by atoms with Gasteiger partial charge in [-0.25, -0.2) is 4.98 Å². The van der Waals surface area contributed by atoms with E-state index in [-0.39, 0.29) is 5.91 Å². The van der Waals surface area contributed by atoms with E-state index in [0.717, 1.165) is 49.9 Å². The molecule has 2 fully saturated rings. The van der Waals surface area contributed by atoms with Gasteiger partial charge in [0.25, 0.3) is 5.91 Å². The zero-order chi connectivity index (χ0) is 19.2. The van der Waals surface area contributed by atoms with Crippen molar-refractivity contribution < 1.29 is 4.79 Å². The maximum Gasteiger partial charge on any atom is 0.273 e. The van der Waals surface area contributed by atoms with Gasteiger partial charge in [-0.05, 0) is 37.3 Å². The topological polar surface area (TPSA) is 36.4 Å². The van der Waals surface area contributed by atoms with Crippen LogP contribution in [-0.4, -0.2) is 53.4 Å². The zero-order valence-electron chi connectivity index (χ0n) is 16.7. The molecule has 0 unspecified atom stereocenters. The van der Waals surface area contributed by atoms with Crippen LogP contribution in [0.3, 0.4) is 0 Å². The van der Waals surface area contributed by atoms with Crippen LogP contribution in [0.2, 0.25) is 0 Å². The van der Waals surface area contributed by atoms with Gasteiger partial charge in [0.2, 0.25) is 0 Å². The van der Waals surface area contributed by atoms with Crippen LogP contribution < -0.4 is 0 Å². The Bertz CT molecular complexity index is 754. The molecule has 1 saturated carbocycles. The lowest BCUT2D eigenvalue weighted by atomic mass is 9.89. The Balaban J connectivity index is 1.31. The number of aromatic nitrogens is 1. The molecule has 0 bridgehead atoms. The van der Waals surface area contributed by atoms with Gasteiger partial charge >= 0.3 is 0 Å². The van der Waals surface area contributed by atoms with Crippen molar-refractivity contribution in [3.8, 4) is 0 Å². The molecular formula is C23H31N3OS. The average Bonchev–Trinajstić information content (AvgIpc) is 3.07. The molecule has 5 heteroatoms. The summed E-state index contributed by atoms with van der Waals surface area (Å²) in [5, 5.41) is 2.95. The van der Waals surface area contributed by atoms with Gasteiger partial charge in [-0.3, -0.25) is 4.79 Å². The van der Waals surface area contributed by atoms with E-state index in [0.29, 0.717) is 5.69 Å². The van der Waals surface area contributed by atoms with Gasteiger partial charge < -0.3 is 9.80 Å². The van der Waals surface area contributed by atoms with Crippen molar-refractivity contribution in [2.45, 2.75) is 44.9 Å². The Morgan fingerprint density at radius 2 is 1.82 bits per heavy atom. The normalized spacial score (nSPS) is 19.5. The van der Waals surface area contributed by atoms with Gasteiger partial charge in [-0.2, -0.15) is 0 Å². The number of carbonyl (C=O) groups is 1. The quantitative estimate of drug-likeness (QED) is 0.747. The molecule has 4 nitrogen and oxygen atoms in total. The first-order chi connectivity index (χ1) is 13.8. The minimum Gasteiger partial charge on any atom is -0.336 e. The van der Waals surface area contributed by atoms with Crippen LogP contribution in [0.5, 0.6) is 0 Å². The molecule has 1 aliphatic carbocycles. The van der Waals surface area contributed by atoms with E-state index in [4.69, 9.17) is 0 Å². The number of rotatable bonds is 5. The third-order valence-electron chi connectivity index (χ3n) is 6.09. The molecular weight excluding hydrogens is 366 g/mol. The summed E-state index contributed by atoms with van der Waals surface area (Å²) in [6.45, 7) is 5.03. The zero-order valence-corrected chi connectivity index (χ0v) is 17.5. The summed E-state index contributed by atoms with van der Waals surface area (Å²) in [7, 11) is 0. The highest BCUT2D eigenvalue weighted by Gasteiger charge is 2.24. The third kappa shape index (κ3) is 5.21. The number of thiazole rings is 1. The first kappa shape index (κ1) is 19.6. The molecule has 1 aromatic carbocycles. The molecule has 0 radical (unpaired) electrons. The van der Waals surface area contributed by atoms with Crippen LogP contribution >= 0.6 is 11.3 Å². The second kappa shape index (κ2) is 9.66. The van der Waals surface area contributed by atoms with Crippen molar-refractivity contribution in [3.05, 3.63) is 52.0 Å². The van der Waals surface area contributed by atoms with E-state index in [9.17, 15) is 4.79 Å². The molecule has 150 valence electrons. The SMILES string of the molecule is O=C(c1csc(Cc2ccccc2)n1)N1CCCN(CC2CCCCC2)CC1. The Morgan fingerprint density at radius 3 is 2.64 bits per heavy atom. The number of hydrogen-bond acceptors (Lipinski definition) is 4. The number of amides is 1. The highest BCUT2D eigenvalue weighted by atomic mass is 32.1. The number of nitrogens with zero attached hydrogens (tertiary/aromatic N) is 3. The standard InChI is InChI=1S/C23H31N3OS/c27-23(21-18-28-22(24-21)16-19-8-3-1-4-9-19)26-13-7-12-25(14-15-26)17-20-10-5-2-6-11-20/h1,3-4,8-9,18,20H,2,5-7,10-17H2. The van der Waals surface area contributed by atoms with E-state index in [1.807, 2.05) is 28.5 Å². The van der Waals surface area contributed by atoms with Gasteiger partial charge in [0, 0.05) is 38.0 Å². The minimum atomic E-state index is 0.107. The molecule has 1 aliphatic heterocycles. The third-order valence-corrected chi connectivity index (χ3v) is 6.93. The van der Waals surface area contributed by atoms with Crippen LogP contribution in [0.4, 0.5) is 0 Å². The molecule has 1 aromatic heterocycles. The molecule has 2 heterocycles. The van der Waals surface area contributed by atoms with E-state index in [1.54, 1.807) is 11.3 Å².